The van der Waals surface area contributed by atoms with Gasteiger partial charge in [-0.3, -0.25) is 0 Å². The Bertz CT molecular complexity index is 259. The molecule has 2 saturated heterocycles. The van der Waals surface area contributed by atoms with Gasteiger partial charge in [0.15, 0.2) is 0 Å². The molecule has 19 heavy (non-hydrogen) atoms. The fourth-order valence-corrected chi connectivity index (χ4v) is 3.63. The highest BCUT2D eigenvalue weighted by Gasteiger charge is 2.32. The van der Waals surface area contributed by atoms with Gasteiger partial charge in [0, 0.05) is 13.1 Å². The molecule has 2 aliphatic rings. The SMILES string of the molecule is CN1CCCC(C(C)(C)CNCC2CCNCC2)C1. The van der Waals surface area contributed by atoms with Crippen LogP contribution in [0.2, 0.25) is 0 Å². The largest absolute Gasteiger partial charge is 0.317 e. The van der Waals surface area contributed by atoms with Crippen LogP contribution in [-0.4, -0.2) is 51.2 Å². The van der Waals surface area contributed by atoms with Crippen molar-refractivity contribution < 1.29 is 0 Å². The molecule has 112 valence electrons. The molecule has 2 heterocycles. The normalized spacial score (nSPS) is 27.6. The zero-order chi connectivity index (χ0) is 13.7. The highest BCUT2D eigenvalue weighted by Crippen LogP contribution is 2.33. The minimum atomic E-state index is 0.432. The number of hydrogen-bond acceptors (Lipinski definition) is 3. The second-order valence-electron chi connectivity index (χ2n) is 7.41. The summed E-state index contributed by atoms with van der Waals surface area (Å²) < 4.78 is 0. The van der Waals surface area contributed by atoms with Gasteiger partial charge in [-0.25, -0.2) is 0 Å². The van der Waals surface area contributed by atoms with Crippen molar-refractivity contribution in [2.24, 2.45) is 17.3 Å². The number of piperidine rings is 2. The maximum absolute atomic E-state index is 3.76. The predicted molar refractivity (Wildman–Crippen MR) is 82.5 cm³/mol. The van der Waals surface area contributed by atoms with E-state index in [2.05, 4.69) is 36.4 Å². The van der Waals surface area contributed by atoms with Crippen LogP contribution in [0, 0.1) is 17.3 Å². The molecule has 0 bridgehead atoms. The minimum absolute atomic E-state index is 0.432. The van der Waals surface area contributed by atoms with E-state index < -0.39 is 0 Å². The van der Waals surface area contributed by atoms with Gasteiger partial charge >= 0.3 is 0 Å². The predicted octanol–water partition coefficient (Wildman–Crippen LogP) is 1.94. The summed E-state index contributed by atoms with van der Waals surface area (Å²) >= 11 is 0. The van der Waals surface area contributed by atoms with Gasteiger partial charge in [0.1, 0.15) is 0 Å². The Hall–Kier alpha value is -0.120. The van der Waals surface area contributed by atoms with E-state index in [0.717, 1.165) is 11.8 Å². The summed E-state index contributed by atoms with van der Waals surface area (Å²) in [6.45, 7) is 12.3. The van der Waals surface area contributed by atoms with E-state index in [4.69, 9.17) is 0 Å². The maximum Gasteiger partial charge on any atom is 0.00122 e. The monoisotopic (exact) mass is 267 g/mol. The highest BCUT2D eigenvalue weighted by molar-refractivity contribution is 4.85. The second kappa shape index (κ2) is 7.05. The molecule has 1 atom stereocenters. The topological polar surface area (TPSA) is 27.3 Å². The van der Waals surface area contributed by atoms with Crippen molar-refractivity contribution in [2.75, 3.05) is 46.3 Å². The Labute approximate surface area is 119 Å². The Morgan fingerprint density at radius 2 is 1.95 bits per heavy atom. The van der Waals surface area contributed by atoms with Crippen molar-refractivity contribution in [1.82, 2.24) is 15.5 Å². The fourth-order valence-electron chi connectivity index (χ4n) is 3.63. The zero-order valence-electron chi connectivity index (χ0n) is 13.2. The molecular weight excluding hydrogens is 234 g/mol. The third-order valence-corrected chi connectivity index (χ3v) is 5.20. The van der Waals surface area contributed by atoms with Crippen LogP contribution in [-0.2, 0) is 0 Å². The molecule has 3 nitrogen and oxygen atoms in total. The van der Waals surface area contributed by atoms with Crippen LogP contribution in [0.15, 0.2) is 0 Å². The first-order valence-electron chi connectivity index (χ1n) is 8.18. The van der Waals surface area contributed by atoms with Crippen molar-refractivity contribution >= 4 is 0 Å². The lowest BCUT2D eigenvalue weighted by Crippen LogP contribution is -2.45. The molecule has 0 aromatic rings. The summed E-state index contributed by atoms with van der Waals surface area (Å²) in [5.74, 6) is 1.75. The van der Waals surface area contributed by atoms with E-state index in [1.807, 2.05) is 0 Å². The van der Waals surface area contributed by atoms with E-state index in [0.29, 0.717) is 5.41 Å². The molecular formula is C16H33N3. The van der Waals surface area contributed by atoms with Crippen LogP contribution in [0.5, 0.6) is 0 Å². The smallest absolute Gasteiger partial charge is 0.00122 e. The Balaban J connectivity index is 1.70. The van der Waals surface area contributed by atoms with Crippen LogP contribution < -0.4 is 10.6 Å². The number of rotatable bonds is 5. The quantitative estimate of drug-likeness (QED) is 0.797. The Morgan fingerprint density at radius 3 is 2.63 bits per heavy atom. The summed E-state index contributed by atoms with van der Waals surface area (Å²) in [6, 6.07) is 0. The van der Waals surface area contributed by atoms with Gasteiger partial charge in [0.05, 0.1) is 0 Å². The lowest BCUT2D eigenvalue weighted by atomic mass is 9.74. The second-order valence-corrected chi connectivity index (χ2v) is 7.41. The molecule has 2 fully saturated rings. The van der Waals surface area contributed by atoms with Crippen LogP contribution in [0.1, 0.15) is 39.5 Å². The zero-order valence-corrected chi connectivity index (χ0v) is 13.2. The molecule has 2 N–H and O–H groups in total. The molecule has 0 saturated carbocycles. The van der Waals surface area contributed by atoms with Gasteiger partial charge in [-0.1, -0.05) is 13.8 Å². The molecule has 2 aliphatic heterocycles. The van der Waals surface area contributed by atoms with E-state index in [1.165, 1.54) is 65.0 Å². The van der Waals surface area contributed by atoms with Crippen LogP contribution >= 0.6 is 0 Å². The first-order valence-corrected chi connectivity index (χ1v) is 8.18. The van der Waals surface area contributed by atoms with E-state index in [9.17, 15) is 0 Å². The van der Waals surface area contributed by atoms with Crippen LogP contribution in [0.25, 0.3) is 0 Å². The van der Waals surface area contributed by atoms with Gasteiger partial charge in [-0.2, -0.15) is 0 Å². The van der Waals surface area contributed by atoms with Gasteiger partial charge in [-0.05, 0) is 76.2 Å². The number of hydrogen-bond donors (Lipinski definition) is 2. The molecule has 0 spiro atoms. The Kier molecular flexibility index (Phi) is 5.67. The third kappa shape index (κ3) is 4.73. The summed E-state index contributed by atoms with van der Waals surface area (Å²) in [6.07, 6.45) is 5.48. The summed E-state index contributed by atoms with van der Waals surface area (Å²) in [7, 11) is 2.27. The van der Waals surface area contributed by atoms with Crippen molar-refractivity contribution in [2.45, 2.75) is 39.5 Å². The summed E-state index contributed by atoms with van der Waals surface area (Å²) in [4.78, 5) is 2.50. The molecule has 0 aromatic carbocycles. The average molecular weight is 267 g/mol. The number of nitrogens with one attached hydrogen (secondary N) is 2. The maximum atomic E-state index is 3.76. The summed E-state index contributed by atoms with van der Waals surface area (Å²) in [5.41, 5.74) is 0.432. The lowest BCUT2D eigenvalue weighted by Gasteiger charge is -2.41. The standard InChI is InChI=1S/C16H33N3/c1-16(2,15-5-4-10-19(3)12-15)13-18-11-14-6-8-17-9-7-14/h14-15,17-18H,4-13H2,1-3H3. The highest BCUT2D eigenvalue weighted by atomic mass is 15.1. The van der Waals surface area contributed by atoms with Gasteiger partial charge in [0.2, 0.25) is 0 Å². The van der Waals surface area contributed by atoms with Crippen molar-refractivity contribution in [3.8, 4) is 0 Å². The van der Waals surface area contributed by atoms with Crippen molar-refractivity contribution in [3.63, 3.8) is 0 Å². The molecule has 1 unspecified atom stereocenters. The van der Waals surface area contributed by atoms with Gasteiger partial charge < -0.3 is 15.5 Å². The third-order valence-electron chi connectivity index (χ3n) is 5.20. The number of likely N-dealkylation sites (tertiary alicyclic amines) is 1. The molecule has 0 amide bonds. The average Bonchev–Trinajstić information content (AvgIpc) is 2.40. The fraction of sp³-hybridized carbons (Fsp3) is 1.00. The van der Waals surface area contributed by atoms with Crippen molar-refractivity contribution in [1.29, 1.82) is 0 Å². The lowest BCUT2D eigenvalue weighted by molar-refractivity contribution is 0.101. The van der Waals surface area contributed by atoms with Gasteiger partial charge in [-0.15, -0.1) is 0 Å². The summed E-state index contributed by atoms with van der Waals surface area (Å²) in [5, 5.41) is 7.21. The molecule has 0 aliphatic carbocycles. The van der Waals surface area contributed by atoms with Crippen molar-refractivity contribution in [3.05, 3.63) is 0 Å². The molecule has 3 heteroatoms. The molecule has 2 rings (SSSR count). The number of nitrogens with zero attached hydrogens (tertiary/aromatic N) is 1. The Morgan fingerprint density at radius 1 is 1.21 bits per heavy atom. The first-order chi connectivity index (χ1) is 9.08. The molecule has 0 aromatic heterocycles. The minimum Gasteiger partial charge on any atom is -0.317 e. The van der Waals surface area contributed by atoms with Crippen LogP contribution in [0.3, 0.4) is 0 Å². The van der Waals surface area contributed by atoms with Gasteiger partial charge in [0.25, 0.3) is 0 Å². The first kappa shape index (κ1) is 15.3. The van der Waals surface area contributed by atoms with E-state index in [1.54, 1.807) is 0 Å². The van der Waals surface area contributed by atoms with E-state index in [-0.39, 0.29) is 0 Å². The van der Waals surface area contributed by atoms with Crippen LogP contribution in [0.4, 0.5) is 0 Å². The van der Waals surface area contributed by atoms with E-state index >= 15 is 0 Å². The molecule has 0 radical (unpaired) electrons.